The monoisotopic (exact) mass is 361 g/mol. The summed E-state index contributed by atoms with van der Waals surface area (Å²) in [6, 6.07) is 4.49. The third-order valence-electron chi connectivity index (χ3n) is 3.28. The van der Waals surface area contributed by atoms with Crippen LogP contribution in [-0.4, -0.2) is 47.9 Å². The van der Waals surface area contributed by atoms with Crippen LogP contribution in [0.3, 0.4) is 0 Å². The van der Waals surface area contributed by atoms with Crippen molar-refractivity contribution in [3.05, 3.63) is 23.8 Å². The minimum Gasteiger partial charge on any atom is -0.481 e. The zero-order chi connectivity index (χ0) is 17.4. The van der Waals surface area contributed by atoms with Gasteiger partial charge in [-0.15, -0.1) is 23.2 Å². The summed E-state index contributed by atoms with van der Waals surface area (Å²) in [5, 5.41) is 11.4. The Hall–Kier alpha value is -1.50. The molecule has 0 bridgehead atoms. The molecule has 0 saturated carbocycles. The minimum absolute atomic E-state index is 0.421. The molecule has 1 rings (SSSR count). The lowest BCUT2D eigenvalue weighted by Gasteiger charge is -2.24. The topological polar surface area (TPSA) is 95.7 Å². The quantitative estimate of drug-likeness (QED) is 0.584. The van der Waals surface area contributed by atoms with Gasteiger partial charge in [-0.3, -0.25) is 9.59 Å². The number of hydrogen-bond acceptors (Lipinski definition) is 4. The Bertz CT molecular complexity index is 549. The lowest BCUT2D eigenvalue weighted by Crippen LogP contribution is -2.37. The molecule has 0 aliphatic rings. The number of aliphatic carboxylic acids is 1. The number of nitrogens with one attached hydrogen (secondary N) is 1. The van der Waals surface area contributed by atoms with Gasteiger partial charge in [-0.25, -0.2) is 0 Å². The smallest absolute Gasteiger partial charge is 0.305 e. The standard InChI is InChI=1S/C15H21Cl2N3O3/c1-10-2-3-11(20(6-4-16)7-5-17)8-13(10)19-15(23)12(18)9-14(21)22/h2-3,8,12H,4-7,9,18H2,1H3,(H,19,23)(H,21,22)/t12-/m0/s1. The Morgan fingerprint density at radius 1 is 1.30 bits per heavy atom. The first-order valence-electron chi connectivity index (χ1n) is 7.14. The fourth-order valence-electron chi connectivity index (χ4n) is 2.02. The van der Waals surface area contributed by atoms with E-state index in [1.54, 1.807) is 6.07 Å². The molecule has 128 valence electrons. The molecule has 4 N–H and O–H groups in total. The first kappa shape index (κ1) is 19.5. The zero-order valence-corrected chi connectivity index (χ0v) is 14.4. The molecule has 0 spiro atoms. The highest BCUT2D eigenvalue weighted by Gasteiger charge is 2.18. The highest BCUT2D eigenvalue weighted by molar-refractivity contribution is 6.18. The molecule has 1 amide bonds. The van der Waals surface area contributed by atoms with Crippen molar-refractivity contribution in [3.8, 4) is 0 Å². The van der Waals surface area contributed by atoms with E-state index in [1.807, 2.05) is 24.0 Å². The van der Waals surface area contributed by atoms with Crippen LogP contribution in [-0.2, 0) is 9.59 Å². The van der Waals surface area contributed by atoms with Crippen LogP contribution in [0.15, 0.2) is 18.2 Å². The summed E-state index contributed by atoms with van der Waals surface area (Å²) in [5.74, 6) is -0.742. The maximum absolute atomic E-state index is 12.0. The molecular weight excluding hydrogens is 341 g/mol. The molecule has 1 aromatic rings. The van der Waals surface area contributed by atoms with Gasteiger partial charge in [-0.1, -0.05) is 6.07 Å². The largest absolute Gasteiger partial charge is 0.481 e. The number of carboxylic acids is 1. The summed E-state index contributed by atoms with van der Waals surface area (Å²) in [5.41, 5.74) is 7.88. The molecule has 0 heterocycles. The van der Waals surface area contributed by atoms with Crippen LogP contribution in [0.1, 0.15) is 12.0 Å². The molecule has 0 fully saturated rings. The number of nitrogens with two attached hydrogens (primary N) is 1. The first-order chi connectivity index (χ1) is 10.9. The molecule has 8 heteroatoms. The van der Waals surface area contributed by atoms with Crippen molar-refractivity contribution in [1.82, 2.24) is 0 Å². The van der Waals surface area contributed by atoms with Gasteiger partial charge in [0.05, 0.1) is 12.5 Å². The molecular formula is C15H21Cl2N3O3. The fraction of sp³-hybridized carbons (Fsp3) is 0.467. The molecule has 1 aromatic carbocycles. The van der Waals surface area contributed by atoms with Gasteiger partial charge in [0.15, 0.2) is 0 Å². The van der Waals surface area contributed by atoms with Crippen molar-refractivity contribution in [1.29, 1.82) is 0 Å². The minimum atomic E-state index is -1.12. The van der Waals surface area contributed by atoms with Gasteiger partial charge in [0.1, 0.15) is 0 Å². The number of alkyl halides is 2. The summed E-state index contributed by atoms with van der Waals surface area (Å²) in [4.78, 5) is 24.6. The van der Waals surface area contributed by atoms with Crippen LogP contribution in [0.5, 0.6) is 0 Å². The molecule has 0 unspecified atom stereocenters. The van der Waals surface area contributed by atoms with Crippen molar-refractivity contribution < 1.29 is 14.7 Å². The number of benzene rings is 1. The first-order valence-corrected chi connectivity index (χ1v) is 8.21. The average Bonchev–Trinajstić information content (AvgIpc) is 2.48. The second-order valence-corrected chi connectivity index (χ2v) is 5.81. The van der Waals surface area contributed by atoms with E-state index >= 15 is 0 Å². The van der Waals surface area contributed by atoms with E-state index in [-0.39, 0.29) is 0 Å². The predicted molar refractivity (Wildman–Crippen MR) is 93.7 cm³/mol. The molecule has 6 nitrogen and oxygen atoms in total. The summed E-state index contributed by atoms with van der Waals surface area (Å²) < 4.78 is 0. The SMILES string of the molecule is Cc1ccc(N(CCCl)CCCl)cc1NC(=O)[C@@H](N)CC(=O)O. The lowest BCUT2D eigenvalue weighted by molar-refractivity contribution is -0.138. The molecule has 0 radical (unpaired) electrons. The fourth-order valence-corrected chi connectivity index (χ4v) is 2.43. The van der Waals surface area contributed by atoms with E-state index < -0.39 is 24.3 Å². The number of carbonyl (C=O) groups excluding carboxylic acids is 1. The van der Waals surface area contributed by atoms with Gasteiger partial charge >= 0.3 is 5.97 Å². The number of anilines is 2. The van der Waals surface area contributed by atoms with E-state index in [9.17, 15) is 9.59 Å². The summed E-state index contributed by atoms with van der Waals surface area (Å²) in [7, 11) is 0. The van der Waals surface area contributed by atoms with Crippen molar-refractivity contribution >= 4 is 46.5 Å². The van der Waals surface area contributed by atoms with Crippen LogP contribution in [0, 0.1) is 6.92 Å². The molecule has 0 aliphatic carbocycles. The number of amides is 1. The van der Waals surface area contributed by atoms with Crippen LogP contribution in [0.2, 0.25) is 0 Å². The third kappa shape index (κ3) is 6.25. The Balaban J connectivity index is 2.92. The molecule has 1 atom stereocenters. The van der Waals surface area contributed by atoms with Gasteiger partial charge in [-0.2, -0.15) is 0 Å². The van der Waals surface area contributed by atoms with Gasteiger partial charge in [0.2, 0.25) is 5.91 Å². The van der Waals surface area contributed by atoms with E-state index in [1.165, 1.54) is 0 Å². The van der Waals surface area contributed by atoms with Gasteiger partial charge < -0.3 is 21.1 Å². The normalized spacial score (nSPS) is 11.8. The van der Waals surface area contributed by atoms with E-state index in [4.69, 9.17) is 34.0 Å². The number of aryl methyl sites for hydroxylation is 1. The lowest BCUT2D eigenvalue weighted by atomic mass is 10.1. The summed E-state index contributed by atoms with van der Waals surface area (Å²) in [6.45, 7) is 3.10. The third-order valence-corrected chi connectivity index (χ3v) is 3.62. The Labute approximate surface area is 145 Å². The average molecular weight is 362 g/mol. The van der Waals surface area contributed by atoms with E-state index in [2.05, 4.69) is 5.32 Å². The number of halogens is 2. The van der Waals surface area contributed by atoms with Crippen LogP contribution >= 0.6 is 23.2 Å². The Morgan fingerprint density at radius 2 is 1.91 bits per heavy atom. The maximum atomic E-state index is 12.0. The van der Waals surface area contributed by atoms with Gasteiger partial charge in [-0.05, 0) is 24.6 Å². The zero-order valence-electron chi connectivity index (χ0n) is 12.9. The summed E-state index contributed by atoms with van der Waals surface area (Å²) in [6.07, 6.45) is -0.421. The molecule has 0 aliphatic heterocycles. The maximum Gasteiger partial charge on any atom is 0.305 e. The molecule has 0 aromatic heterocycles. The van der Waals surface area contributed by atoms with Gasteiger partial charge in [0.25, 0.3) is 0 Å². The Kier molecular flexibility index (Phi) is 8.16. The van der Waals surface area contributed by atoms with Crippen molar-refractivity contribution in [2.45, 2.75) is 19.4 Å². The summed E-state index contributed by atoms with van der Waals surface area (Å²) >= 11 is 11.6. The second kappa shape index (κ2) is 9.60. The van der Waals surface area contributed by atoms with Crippen molar-refractivity contribution in [2.24, 2.45) is 5.73 Å². The number of nitrogens with zero attached hydrogens (tertiary/aromatic N) is 1. The Morgan fingerprint density at radius 3 is 2.43 bits per heavy atom. The highest BCUT2D eigenvalue weighted by atomic mass is 35.5. The van der Waals surface area contributed by atoms with Crippen molar-refractivity contribution in [2.75, 3.05) is 35.1 Å². The van der Waals surface area contributed by atoms with Crippen LogP contribution in [0.25, 0.3) is 0 Å². The number of hydrogen-bond donors (Lipinski definition) is 3. The van der Waals surface area contributed by atoms with Crippen LogP contribution in [0.4, 0.5) is 11.4 Å². The van der Waals surface area contributed by atoms with Gasteiger partial charge in [0, 0.05) is 36.2 Å². The van der Waals surface area contributed by atoms with Crippen LogP contribution < -0.4 is 16.0 Å². The van der Waals surface area contributed by atoms with E-state index in [0.717, 1.165) is 11.3 Å². The molecule has 23 heavy (non-hydrogen) atoms. The number of carboxylic acid groups (broad SMARTS) is 1. The van der Waals surface area contributed by atoms with E-state index in [0.29, 0.717) is 30.5 Å². The number of carbonyl (C=O) groups is 2. The molecule has 0 saturated heterocycles. The van der Waals surface area contributed by atoms with Crippen molar-refractivity contribution in [3.63, 3.8) is 0 Å². The highest BCUT2D eigenvalue weighted by Crippen LogP contribution is 2.23. The predicted octanol–water partition coefficient (Wildman–Crippen LogP) is 2.02. The number of rotatable bonds is 9. The second-order valence-electron chi connectivity index (χ2n) is 5.06.